The Morgan fingerprint density at radius 1 is 1.09 bits per heavy atom. The number of dihydropyridines is 1. The number of carbonyl (C=O) groups is 2. The summed E-state index contributed by atoms with van der Waals surface area (Å²) in [6, 6.07) is 11.0. The lowest BCUT2D eigenvalue weighted by Crippen LogP contribution is -2.37. The molecular formula is C26H29N3O4. The molecule has 0 fully saturated rings. The first-order valence-corrected chi connectivity index (χ1v) is 11.0. The van der Waals surface area contributed by atoms with Gasteiger partial charge in [0, 0.05) is 40.6 Å². The molecule has 2 aliphatic rings. The van der Waals surface area contributed by atoms with Crippen LogP contribution in [0.2, 0.25) is 0 Å². The molecule has 0 unspecified atom stereocenters. The van der Waals surface area contributed by atoms with Crippen molar-refractivity contribution >= 4 is 17.5 Å². The van der Waals surface area contributed by atoms with E-state index < -0.39 is 5.92 Å². The lowest BCUT2D eigenvalue weighted by atomic mass is 9.73. The molecule has 0 bridgehead atoms. The number of hydrogen-bond acceptors (Lipinski definition) is 6. The zero-order valence-electron chi connectivity index (χ0n) is 19.6. The number of nitrogens with zero attached hydrogens (tertiary/aromatic N) is 1. The fraction of sp³-hybridized carbons (Fsp3) is 0.346. The standard InChI is InChI=1S/C26H29N3O4/c1-14-11-18-25(19(30)12-14)24(17-9-10-20(32-4)21(13-17)33-5)23(16(3)28-18)26(31)29-22-8-6-7-15(2)27-22/h6-10,13-14,24,28H,11-12H2,1-5H3,(H,27,29,31)/t14-,24+/m0/s1. The van der Waals surface area contributed by atoms with Gasteiger partial charge in [-0.1, -0.05) is 19.1 Å². The van der Waals surface area contributed by atoms with Gasteiger partial charge in [-0.3, -0.25) is 9.59 Å². The Hall–Kier alpha value is -3.61. The number of methoxy groups -OCH3 is 2. The number of aryl methyl sites for hydroxylation is 1. The summed E-state index contributed by atoms with van der Waals surface area (Å²) in [5, 5.41) is 6.27. The highest BCUT2D eigenvalue weighted by Gasteiger charge is 2.40. The number of allylic oxidation sites excluding steroid dienone is 3. The predicted octanol–water partition coefficient (Wildman–Crippen LogP) is 4.26. The van der Waals surface area contributed by atoms with Crippen LogP contribution in [0.5, 0.6) is 11.5 Å². The maximum absolute atomic E-state index is 13.6. The molecule has 0 saturated heterocycles. The number of aromatic nitrogens is 1. The minimum atomic E-state index is -0.522. The Balaban J connectivity index is 1.83. The van der Waals surface area contributed by atoms with Gasteiger partial charge in [-0.05, 0) is 56.0 Å². The fourth-order valence-electron chi connectivity index (χ4n) is 4.70. The summed E-state index contributed by atoms with van der Waals surface area (Å²) >= 11 is 0. The van der Waals surface area contributed by atoms with Crippen LogP contribution in [0, 0.1) is 12.8 Å². The van der Waals surface area contributed by atoms with E-state index in [0.717, 1.165) is 29.1 Å². The Morgan fingerprint density at radius 2 is 1.85 bits per heavy atom. The third kappa shape index (κ3) is 4.35. The van der Waals surface area contributed by atoms with Crippen LogP contribution in [0.4, 0.5) is 5.82 Å². The molecule has 172 valence electrons. The van der Waals surface area contributed by atoms with E-state index in [-0.39, 0.29) is 17.6 Å². The van der Waals surface area contributed by atoms with Crippen molar-refractivity contribution in [3.8, 4) is 11.5 Å². The number of anilines is 1. The third-order valence-electron chi connectivity index (χ3n) is 6.15. The first-order valence-electron chi connectivity index (χ1n) is 11.0. The van der Waals surface area contributed by atoms with Crippen LogP contribution >= 0.6 is 0 Å². The van der Waals surface area contributed by atoms with Crippen LogP contribution in [0.1, 0.15) is 43.9 Å². The number of Topliss-reactive ketones (excluding diaryl/α,β-unsaturated/α-hetero) is 1. The largest absolute Gasteiger partial charge is 0.493 e. The fourth-order valence-corrected chi connectivity index (χ4v) is 4.70. The number of hydrogen-bond donors (Lipinski definition) is 2. The summed E-state index contributed by atoms with van der Waals surface area (Å²) in [5.41, 5.74) is 4.35. The van der Waals surface area contributed by atoms with Crippen molar-refractivity contribution in [2.24, 2.45) is 5.92 Å². The second-order valence-corrected chi connectivity index (χ2v) is 8.66. The number of pyridine rings is 1. The van der Waals surface area contributed by atoms with E-state index in [1.165, 1.54) is 0 Å². The maximum atomic E-state index is 13.6. The average molecular weight is 448 g/mol. The molecule has 1 aromatic carbocycles. The molecule has 2 N–H and O–H groups in total. The Morgan fingerprint density at radius 3 is 2.55 bits per heavy atom. The van der Waals surface area contributed by atoms with Gasteiger partial charge >= 0.3 is 0 Å². The molecule has 33 heavy (non-hydrogen) atoms. The van der Waals surface area contributed by atoms with Gasteiger partial charge in [0.05, 0.1) is 14.2 Å². The highest BCUT2D eigenvalue weighted by atomic mass is 16.5. The molecule has 7 nitrogen and oxygen atoms in total. The number of amides is 1. The minimum Gasteiger partial charge on any atom is -0.493 e. The quantitative estimate of drug-likeness (QED) is 0.712. The van der Waals surface area contributed by atoms with E-state index in [9.17, 15) is 9.59 Å². The highest BCUT2D eigenvalue weighted by Crippen LogP contribution is 2.45. The monoisotopic (exact) mass is 447 g/mol. The van der Waals surface area contributed by atoms with Gasteiger partial charge in [0.2, 0.25) is 0 Å². The van der Waals surface area contributed by atoms with E-state index in [4.69, 9.17) is 9.47 Å². The van der Waals surface area contributed by atoms with E-state index in [1.807, 2.05) is 38.1 Å². The zero-order valence-corrected chi connectivity index (χ0v) is 19.6. The molecular weight excluding hydrogens is 418 g/mol. The molecule has 1 aromatic heterocycles. The second-order valence-electron chi connectivity index (χ2n) is 8.66. The van der Waals surface area contributed by atoms with Gasteiger partial charge < -0.3 is 20.1 Å². The van der Waals surface area contributed by atoms with Crippen LogP contribution in [0.25, 0.3) is 0 Å². The summed E-state index contributed by atoms with van der Waals surface area (Å²) in [6.45, 7) is 5.81. The number of ketones is 1. The zero-order chi connectivity index (χ0) is 23.7. The molecule has 1 aliphatic heterocycles. The lowest BCUT2D eigenvalue weighted by Gasteiger charge is -2.36. The van der Waals surface area contributed by atoms with Crippen LogP contribution in [0.3, 0.4) is 0 Å². The van der Waals surface area contributed by atoms with Gasteiger partial charge in [0.15, 0.2) is 17.3 Å². The number of ether oxygens (including phenoxy) is 2. The van der Waals surface area contributed by atoms with Crippen molar-refractivity contribution in [3.05, 3.63) is 70.2 Å². The van der Waals surface area contributed by atoms with Crippen molar-refractivity contribution in [1.29, 1.82) is 0 Å². The van der Waals surface area contributed by atoms with Gasteiger partial charge in [-0.2, -0.15) is 0 Å². The third-order valence-corrected chi connectivity index (χ3v) is 6.15. The summed E-state index contributed by atoms with van der Waals surface area (Å²) in [5.74, 6) is 1.09. The summed E-state index contributed by atoms with van der Waals surface area (Å²) < 4.78 is 10.9. The predicted molar refractivity (Wildman–Crippen MR) is 126 cm³/mol. The van der Waals surface area contributed by atoms with E-state index >= 15 is 0 Å². The minimum absolute atomic E-state index is 0.0579. The van der Waals surface area contributed by atoms with Crippen LogP contribution in [-0.2, 0) is 9.59 Å². The molecule has 2 atom stereocenters. The van der Waals surface area contributed by atoms with E-state index in [2.05, 4.69) is 22.5 Å². The second kappa shape index (κ2) is 9.10. The Bertz CT molecular complexity index is 1180. The summed E-state index contributed by atoms with van der Waals surface area (Å²) in [6.07, 6.45) is 1.22. The normalized spacial score (nSPS) is 20.2. The van der Waals surface area contributed by atoms with Gasteiger partial charge in [-0.25, -0.2) is 4.98 Å². The lowest BCUT2D eigenvalue weighted by molar-refractivity contribution is -0.117. The van der Waals surface area contributed by atoms with Crippen LogP contribution < -0.4 is 20.1 Å². The summed E-state index contributed by atoms with van der Waals surface area (Å²) in [4.78, 5) is 31.2. The number of benzene rings is 1. The molecule has 0 saturated carbocycles. The topological polar surface area (TPSA) is 89.5 Å². The molecule has 2 aromatic rings. The molecule has 0 radical (unpaired) electrons. The van der Waals surface area contributed by atoms with Gasteiger partial charge in [0.25, 0.3) is 5.91 Å². The first-order chi connectivity index (χ1) is 15.8. The number of carbonyl (C=O) groups excluding carboxylic acids is 2. The maximum Gasteiger partial charge on any atom is 0.255 e. The van der Waals surface area contributed by atoms with E-state index in [0.29, 0.717) is 34.9 Å². The smallest absolute Gasteiger partial charge is 0.255 e. The number of nitrogens with one attached hydrogen (secondary N) is 2. The Kier molecular flexibility index (Phi) is 6.22. The van der Waals surface area contributed by atoms with E-state index in [1.54, 1.807) is 26.4 Å². The highest BCUT2D eigenvalue weighted by molar-refractivity contribution is 6.09. The van der Waals surface area contributed by atoms with Crippen molar-refractivity contribution in [2.75, 3.05) is 19.5 Å². The van der Waals surface area contributed by atoms with Crippen molar-refractivity contribution < 1.29 is 19.1 Å². The average Bonchev–Trinajstić information content (AvgIpc) is 2.77. The van der Waals surface area contributed by atoms with Crippen molar-refractivity contribution in [2.45, 2.75) is 39.5 Å². The Labute approximate surface area is 193 Å². The SMILES string of the molecule is COc1ccc([C@@H]2C(C(=O)Nc3cccc(C)n3)=C(C)NC3=C2C(=O)C[C@@H](C)C3)cc1OC. The molecule has 7 heteroatoms. The first kappa shape index (κ1) is 22.6. The van der Waals surface area contributed by atoms with Crippen molar-refractivity contribution in [1.82, 2.24) is 10.3 Å². The van der Waals surface area contributed by atoms with Gasteiger partial charge in [0.1, 0.15) is 5.82 Å². The molecule has 0 spiro atoms. The van der Waals surface area contributed by atoms with Crippen LogP contribution in [0.15, 0.2) is 58.9 Å². The van der Waals surface area contributed by atoms with Crippen molar-refractivity contribution in [3.63, 3.8) is 0 Å². The van der Waals surface area contributed by atoms with Crippen LogP contribution in [-0.4, -0.2) is 30.9 Å². The number of rotatable bonds is 5. The molecule has 1 amide bonds. The molecule has 2 heterocycles. The van der Waals surface area contributed by atoms with Gasteiger partial charge in [-0.15, -0.1) is 0 Å². The molecule has 1 aliphatic carbocycles. The molecule has 4 rings (SSSR count). The summed E-state index contributed by atoms with van der Waals surface area (Å²) in [7, 11) is 3.15.